The minimum absolute atomic E-state index is 0.110. The normalized spacial score (nSPS) is 11.2. The van der Waals surface area contributed by atoms with Crippen LogP contribution in [-0.2, 0) is 4.79 Å². The first-order chi connectivity index (χ1) is 7.28. The Hall–Kier alpha value is -1.43. The van der Waals surface area contributed by atoms with Gasteiger partial charge in [0.25, 0.3) is 0 Å². The van der Waals surface area contributed by atoms with E-state index < -0.39 is 18.5 Å². The third-order valence-electron chi connectivity index (χ3n) is 1.65. The minimum atomic E-state index is -4.54. The quantitative estimate of drug-likeness (QED) is 0.795. The lowest BCUT2D eigenvalue weighted by molar-refractivity contribution is -0.150. The maximum Gasteiger partial charge on any atom is 0.397 e. The predicted molar refractivity (Wildman–Crippen MR) is 55.2 cm³/mol. The number of amides is 1. The number of anilines is 2. The Bertz CT molecular complexity index is 406. The average molecular weight is 253 g/mol. The molecule has 0 saturated heterocycles. The lowest BCUT2D eigenvalue weighted by Crippen LogP contribution is -2.21. The summed E-state index contributed by atoms with van der Waals surface area (Å²) >= 11 is 5.59. The molecule has 7 heteroatoms. The maximum atomic E-state index is 11.9. The van der Waals surface area contributed by atoms with E-state index in [9.17, 15) is 18.0 Å². The largest absolute Gasteiger partial charge is 0.397 e. The predicted octanol–water partition coefficient (Wildman–Crippen LogP) is 2.81. The topological polar surface area (TPSA) is 55.1 Å². The minimum Gasteiger partial charge on any atom is -0.397 e. The lowest BCUT2D eigenvalue weighted by Gasteiger charge is -2.09. The molecule has 0 aliphatic rings. The molecule has 3 N–H and O–H groups in total. The number of alkyl halides is 3. The van der Waals surface area contributed by atoms with Crippen molar-refractivity contribution < 1.29 is 18.0 Å². The van der Waals surface area contributed by atoms with Gasteiger partial charge in [0.1, 0.15) is 6.42 Å². The van der Waals surface area contributed by atoms with E-state index in [0.717, 1.165) is 0 Å². The second-order valence-corrected chi connectivity index (χ2v) is 3.51. The van der Waals surface area contributed by atoms with Crippen molar-refractivity contribution >= 4 is 28.9 Å². The third kappa shape index (κ3) is 3.98. The monoisotopic (exact) mass is 252 g/mol. The van der Waals surface area contributed by atoms with Gasteiger partial charge in [-0.15, -0.1) is 0 Å². The Labute approximate surface area is 94.4 Å². The van der Waals surface area contributed by atoms with Crippen molar-refractivity contribution in [3.05, 3.63) is 23.2 Å². The molecule has 0 bridgehead atoms. The van der Waals surface area contributed by atoms with Crippen LogP contribution in [-0.4, -0.2) is 12.1 Å². The SMILES string of the molecule is Nc1cc(Cl)ccc1NC(=O)CC(F)(F)F. The summed E-state index contributed by atoms with van der Waals surface area (Å²) in [5.74, 6) is -1.17. The number of nitrogens with one attached hydrogen (secondary N) is 1. The van der Waals surface area contributed by atoms with Crippen LogP contribution in [0.4, 0.5) is 24.5 Å². The van der Waals surface area contributed by atoms with E-state index in [1.807, 2.05) is 0 Å². The zero-order valence-electron chi connectivity index (χ0n) is 7.94. The number of nitrogen functional groups attached to an aromatic ring is 1. The number of benzene rings is 1. The first kappa shape index (κ1) is 12.6. The zero-order chi connectivity index (χ0) is 12.3. The van der Waals surface area contributed by atoms with Gasteiger partial charge in [-0.05, 0) is 18.2 Å². The summed E-state index contributed by atoms with van der Waals surface area (Å²) in [6.45, 7) is 0. The highest BCUT2D eigenvalue weighted by Gasteiger charge is 2.31. The molecule has 0 radical (unpaired) electrons. The van der Waals surface area contributed by atoms with Crippen molar-refractivity contribution in [2.75, 3.05) is 11.1 Å². The van der Waals surface area contributed by atoms with Gasteiger partial charge in [0.15, 0.2) is 0 Å². The summed E-state index contributed by atoms with van der Waals surface area (Å²) in [5.41, 5.74) is 5.68. The molecule has 0 aliphatic carbocycles. The van der Waals surface area contributed by atoms with Crippen molar-refractivity contribution in [2.24, 2.45) is 0 Å². The standard InChI is InChI=1S/C9H8ClF3N2O/c10-5-1-2-7(6(14)3-5)15-8(16)4-9(11,12)13/h1-3H,4,14H2,(H,15,16). The highest BCUT2D eigenvalue weighted by atomic mass is 35.5. The van der Waals surface area contributed by atoms with Crippen LogP contribution in [0, 0.1) is 0 Å². The van der Waals surface area contributed by atoms with Gasteiger partial charge in [0, 0.05) is 5.02 Å². The van der Waals surface area contributed by atoms with Crippen molar-refractivity contribution in [1.29, 1.82) is 0 Å². The molecule has 0 heterocycles. The molecule has 1 rings (SSSR count). The first-order valence-electron chi connectivity index (χ1n) is 4.19. The van der Waals surface area contributed by atoms with Crippen molar-refractivity contribution in [1.82, 2.24) is 0 Å². The Morgan fingerprint density at radius 3 is 2.56 bits per heavy atom. The number of carbonyl (C=O) groups excluding carboxylic acids is 1. The molecular weight excluding hydrogens is 245 g/mol. The Morgan fingerprint density at radius 1 is 1.44 bits per heavy atom. The summed E-state index contributed by atoms with van der Waals surface area (Å²) in [6, 6.07) is 4.10. The van der Waals surface area contributed by atoms with E-state index in [-0.39, 0.29) is 11.4 Å². The summed E-state index contributed by atoms with van der Waals surface area (Å²) < 4.78 is 35.6. The third-order valence-corrected chi connectivity index (χ3v) is 1.88. The van der Waals surface area contributed by atoms with E-state index in [1.54, 1.807) is 0 Å². The van der Waals surface area contributed by atoms with Crippen LogP contribution in [0.3, 0.4) is 0 Å². The molecule has 0 atom stereocenters. The number of hydrogen-bond donors (Lipinski definition) is 2. The van der Waals surface area contributed by atoms with E-state index in [4.69, 9.17) is 17.3 Å². The molecule has 0 spiro atoms. The molecule has 1 aromatic rings. The molecular formula is C9H8ClF3N2O. The molecule has 0 unspecified atom stereocenters. The first-order valence-corrected chi connectivity index (χ1v) is 4.57. The van der Waals surface area contributed by atoms with Crippen LogP contribution in [0.25, 0.3) is 0 Å². The molecule has 0 fully saturated rings. The molecule has 1 aromatic carbocycles. The van der Waals surface area contributed by atoms with Crippen LogP contribution in [0.2, 0.25) is 5.02 Å². The van der Waals surface area contributed by atoms with Crippen molar-refractivity contribution in [3.63, 3.8) is 0 Å². The molecule has 1 amide bonds. The van der Waals surface area contributed by atoms with Gasteiger partial charge in [-0.3, -0.25) is 4.79 Å². The van der Waals surface area contributed by atoms with Crippen LogP contribution in [0.1, 0.15) is 6.42 Å². The van der Waals surface area contributed by atoms with Gasteiger partial charge in [-0.1, -0.05) is 11.6 Å². The highest BCUT2D eigenvalue weighted by molar-refractivity contribution is 6.31. The van der Waals surface area contributed by atoms with Crippen molar-refractivity contribution in [2.45, 2.75) is 12.6 Å². The van der Waals surface area contributed by atoms with E-state index in [2.05, 4.69) is 5.32 Å². The number of hydrogen-bond acceptors (Lipinski definition) is 2. The molecule has 16 heavy (non-hydrogen) atoms. The fourth-order valence-corrected chi connectivity index (χ4v) is 1.20. The number of carbonyl (C=O) groups is 1. The average Bonchev–Trinajstić information content (AvgIpc) is 2.06. The summed E-state index contributed by atoms with van der Waals surface area (Å²) in [5, 5.41) is 2.39. The fraction of sp³-hybridized carbons (Fsp3) is 0.222. The molecule has 0 aliphatic heterocycles. The van der Waals surface area contributed by atoms with Crippen LogP contribution in [0.5, 0.6) is 0 Å². The molecule has 0 saturated carbocycles. The summed E-state index contributed by atoms with van der Waals surface area (Å²) in [4.78, 5) is 10.9. The molecule has 3 nitrogen and oxygen atoms in total. The summed E-state index contributed by atoms with van der Waals surface area (Å²) in [6.07, 6.45) is -6.08. The zero-order valence-corrected chi connectivity index (χ0v) is 8.69. The van der Waals surface area contributed by atoms with Crippen LogP contribution < -0.4 is 11.1 Å². The maximum absolute atomic E-state index is 11.9. The fourth-order valence-electron chi connectivity index (χ4n) is 1.02. The van der Waals surface area contributed by atoms with Gasteiger partial charge in [-0.25, -0.2) is 0 Å². The van der Waals surface area contributed by atoms with Gasteiger partial charge >= 0.3 is 6.18 Å². The van der Waals surface area contributed by atoms with Gasteiger partial charge in [0.2, 0.25) is 5.91 Å². The highest BCUT2D eigenvalue weighted by Crippen LogP contribution is 2.24. The number of rotatable bonds is 2. The van der Waals surface area contributed by atoms with Crippen LogP contribution >= 0.6 is 11.6 Å². The smallest absolute Gasteiger partial charge is 0.397 e. The Balaban J connectivity index is 2.70. The molecule has 0 aromatic heterocycles. The van der Waals surface area contributed by atoms with E-state index >= 15 is 0 Å². The second-order valence-electron chi connectivity index (χ2n) is 3.07. The van der Waals surface area contributed by atoms with Gasteiger partial charge < -0.3 is 11.1 Å². The summed E-state index contributed by atoms with van der Waals surface area (Å²) in [7, 11) is 0. The Morgan fingerprint density at radius 2 is 2.06 bits per heavy atom. The Kier molecular flexibility index (Phi) is 3.64. The molecule has 88 valence electrons. The van der Waals surface area contributed by atoms with Gasteiger partial charge in [0.05, 0.1) is 11.4 Å². The van der Waals surface area contributed by atoms with Crippen molar-refractivity contribution in [3.8, 4) is 0 Å². The van der Waals surface area contributed by atoms with E-state index in [1.165, 1.54) is 18.2 Å². The van der Waals surface area contributed by atoms with Gasteiger partial charge in [-0.2, -0.15) is 13.2 Å². The number of nitrogens with two attached hydrogens (primary N) is 1. The lowest BCUT2D eigenvalue weighted by atomic mass is 10.2. The second kappa shape index (κ2) is 4.61. The van der Waals surface area contributed by atoms with Crippen LogP contribution in [0.15, 0.2) is 18.2 Å². The number of halogens is 4. The van der Waals surface area contributed by atoms with E-state index in [0.29, 0.717) is 5.02 Å².